The first-order valence-electron chi connectivity index (χ1n) is 5.81. The smallest absolute Gasteiger partial charge is 0.406 e. The molecule has 0 saturated heterocycles. The number of carbonyl (C=O) groups excluding carboxylic acids is 1. The van der Waals surface area contributed by atoms with Crippen LogP contribution in [0.5, 0.6) is 5.95 Å². The molecule has 0 aliphatic rings. The van der Waals surface area contributed by atoms with Gasteiger partial charge in [0.15, 0.2) is 0 Å². The van der Waals surface area contributed by atoms with E-state index >= 15 is 0 Å². The third-order valence-electron chi connectivity index (χ3n) is 2.62. The molecule has 6 heteroatoms. The number of nitrogens with zero attached hydrogens (tertiary/aromatic N) is 1. The molecule has 0 unspecified atom stereocenters. The highest BCUT2D eigenvalue weighted by Gasteiger charge is 2.28. The van der Waals surface area contributed by atoms with Crippen molar-refractivity contribution in [3.63, 3.8) is 0 Å². The number of fused-ring (bicyclic) bond motifs is 1. The van der Waals surface area contributed by atoms with E-state index in [1.165, 1.54) is 7.05 Å². The lowest BCUT2D eigenvalue weighted by molar-refractivity contribution is 0.189. The first-order chi connectivity index (χ1) is 8.82. The molecule has 1 N–H and O–H groups in total. The highest BCUT2D eigenvalue weighted by Crippen LogP contribution is 2.40. The Labute approximate surface area is 119 Å². The van der Waals surface area contributed by atoms with Crippen LogP contribution in [0.3, 0.4) is 0 Å². The molecule has 19 heavy (non-hydrogen) atoms. The zero-order valence-corrected chi connectivity index (χ0v) is 12.8. The number of amides is 1. The summed E-state index contributed by atoms with van der Waals surface area (Å²) in [5, 5.41) is 3.23. The maximum Gasteiger partial charge on any atom is 0.414 e. The number of furan rings is 1. The molecule has 0 atom stereocenters. The van der Waals surface area contributed by atoms with Crippen LogP contribution in [-0.2, 0) is 5.41 Å². The molecule has 2 heterocycles. The summed E-state index contributed by atoms with van der Waals surface area (Å²) < 4.78 is 11.6. The van der Waals surface area contributed by atoms with E-state index in [1.54, 1.807) is 6.20 Å². The van der Waals surface area contributed by atoms with Gasteiger partial charge in [-0.2, -0.15) is 0 Å². The molecule has 0 bridgehead atoms. The summed E-state index contributed by atoms with van der Waals surface area (Å²) in [6.45, 7) is 6.07. The molecule has 0 spiro atoms. The van der Waals surface area contributed by atoms with Crippen molar-refractivity contribution in [2.45, 2.75) is 26.2 Å². The fourth-order valence-electron chi connectivity index (χ4n) is 1.85. The SMILES string of the molecule is CNC(=O)Oc1oc2ncc(Br)cc2c1C(C)(C)C. The molecular weight excluding hydrogens is 312 g/mol. The highest BCUT2D eigenvalue weighted by molar-refractivity contribution is 9.10. The van der Waals surface area contributed by atoms with Crippen molar-refractivity contribution in [3.8, 4) is 5.95 Å². The minimum atomic E-state index is -0.566. The van der Waals surface area contributed by atoms with Gasteiger partial charge in [0.25, 0.3) is 5.95 Å². The number of carbonyl (C=O) groups is 1. The summed E-state index contributed by atoms with van der Waals surface area (Å²) in [6.07, 6.45) is 1.07. The van der Waals surface area contributed by atoms with Crippen molar-refractivity contribution in [1.29, 1.82) is 0 Å². The molecule has 1 amide bonds. The second kappa shape index (κ2) is 4.85. The van der Waals surface area contributed by atoms with Crippen LogP contribution in [0.4, 0.5) is 4.79 Å². The van der Waals surface area contributed by atoms with Crippen LogP contribution in [0.25, 0.3) is 11.1 Å². The maximum atomic E-state index is 11.4. The minimum absolute atomic E-state index is 0.187. The molecule has 0 aromatic carbocycles. The topological polar surface area (TPSA) is 64.4 Å². The number of hydrogen-bond donors (Lipinski definition) is 1. The van der Waals surface area contributed by atoms with Crippen LogP contribution < -0.4 is 10.1 Å². The standard InChI is InChI=1S/C13H15BrN2O3/c1-13(2,3)9-8-5-7(14)6-16-10(8)18-11(9)19-12(17)15-4/h5-6H,1-4H3,(H,15,17). The monoisotopic (exact) mass is 326 g/mol. The molecule has 2 rings (SSSR count). The normalized spacial score (nSPS) is 11.6. The van der Waals surface area contributed by atoms with E-state index in [0.29, 0.717) is 5.71 Å². The third-order valence-corrected chi connectivity index (χ3v) is 3.05. The van der Waals surface area contributed by atoms with E-state index < -0.39 is 6.09 Å². The molecule has 2 aromatic rings. The van der Waals surface area contributed by atoms with E-state index in [2.05, 4.69) is 26.2 Å². The quantitative estimate of drug-likeness (QED) is 0.869. The predicted octanol–water partition coefficient (Wildman–Crippen LogP) is 3.61. The fourth-order valence-corrected chi connectivity index (χ4v) is 2.18. The Bertz CT molecular complexity index is 629. The van der Waals surface area contributed by atoms with Gasteiger partial charge < -0.3 is 14.5 Å². The van der Waals surface area contributed by atoms with Crippen LogP contribution in [0.2, 0.25) is 0 Å². The molecule has 102 valence electrons. The third kappa shape index (κ3) is 2.73. The van der Waals surface area contributed by atoms with Crippen LogP contribution in [0, 0.1) is 0 Å². The Morgan fingerprint density at radius 2 is 2.16 bits per heavy atom. The number of rotatable bonds is 1. The number of nitrogens with one attached hydrogen (secondary N) is 1. The molecule has 0 aliphatic heterocycles. The van der Waals surface area contributed by atoms with Crippen LogP contribution in [0.1, 0.15) is 26.3 Å². The van der Waals surface area contributed by atoms with Gasteiger partial charge in [0.1, 0.15) is 0 Å². The maximum absolute atomic E-state index is 11.4. The second-order valence-electron chi connectivity index (χ2n) is 5.16. The number of ether oxygens (including phenoxy) is 1. The van der Waals surface area contributed by atoms with E-state index in [0.717, 1.165) is 15.4 Å². The molecule has 0 radical (unpaired) electrons. The first-order valence-corrected chi connectivity index (χ1v) is 6.60. The average molecular weight is 327 g/mol. The van der Waals surface area contributed by atoms with Gasteiger partial charge in [-0.25, -0.2) is 9.78 Å². The van der Waals surface area contributed by atoms with E-state index in [4.69, 9.17) is 9.15 Å². The highest BCUT2D eigenvalue weighted by atomic mass is 79.9. The largest absolute Gasteiger partial charge is 0.414 e. The lowest BCUT2D eigenvalue weighted by atomic mass is 9.87. The number of pyridine rings is 1. The van der Waals surface area contributed by atoms with Crippen molar-refractivity contribution in [3.05, 3.63) is 22.3 Å². The molecule has 5 nitrogen and oxygen atoms in total. The van der Waals surface area contributed by atoms with Gasteiger partial charge in [-0.3, -0.25) is 0 Å². The summed E-state index contributed by atoms with van der Waals surface area (Å²) in [4.78, 5) is 15.6. The Kier molecular flexibility index (Phi) is 3.54. The summed E-state index contributed by atoms with van der Waals surface area (Å²) >= 11 is 3.38. The van der Waals surface area contributed by atoms with Crippen molar-refractivity contribution < 1.29 is 13.9 Å². The van der Waals surface area contributed by atoms with Crippen molar-refractivity contribution in [2.24, 2.45) is 0 Å². The second-order valence-corrected chi connectivity index (χ2v) is 6.08. The number of halogens is 1. The molecule has 0 fully saturated rings. The molecule has 0 saturated carbocycles. The van der Waals surface area contributed by atoms with Crippen LogP contribution in [-0.4, -0.2) is 18.1 Å². The van der Waals surface area contributed by atoms with Gasteiger partial charge >= 0.3 is 6.09 Å². The summed E-state index contributed by atoms with van der Waals surface area (Å²) in [6, 6.07) is 1.91. The van der Waals surface area contributed by atoms with Gasteiger partial charge in [-0.15, -0.1) is 0 Å². The number of hydrogen-bond acceptors (Lipinski definition) is 4. The van der Waals surface area contributed by atoms with Crippen molar-refractivity contribution >= 4 is 33.1 Å². The van der Waals surface area contributed by atoms with Gasteiger partial charge in [0.2, 0.25) is 5.71 Å². The lowest BCUT2D eigenvalue weighted by Crippen LogP contribution is -2.23. The Morgan fingerprint density at radius 3 is 2.74 bits per heavy atom. The summed E-state index contributed by atoms with van der Waals surface area (Å²) in [7, 11) is 1.50. The predicted molar refractivity (Wildman–Crippen MR) is 75.5 cm³/mol. The van der Waals surface area contributed by atoms with Crippen LogP contribution >= 0.6 is 15.9 Å². The van der Waals surface area contributed by atoms with E-state index in [-0.39, 0.29) is 11.4 Å². The zero-order chi connectivity index (χ0) is 14.2. The molecule has 2 aromatic heterocycles. The van der Waals surface area contributed by atoms with Crippen LogP contribution in [0.15, 0.2) is 21.2 Å². The van der Waals surface area contributed by atoms with Crippen molar-refractivity contribution in [2.75, 3.05) is 7.05 Å². The van der Waals surface area contributed by atoms with Gasteiger partial charge in [-0.05, 0) is 27.4 Å². The Hall–Kier alpha value is -1.56. The van der Waals surface area contributed by atoms with Crippen molar-refractivity contribution in [1.82, 2.24) is 10.3 Å². The summed E-state index contributed by atoms with van der Waals surface area (Å²) in [5.74, 6) is 0.187. The number of aromatic nitrogens is 1. The molecule has 0 aliphatic carbocycles. The van der Waals surface area contributed by atoms with Gasteiger partial charge in [0.05, 0.1) is 5.56 Å². The van der Waals surface area contributed by atoms with Gasteiger partial charge in [0, 0.05) is 23.1 Å². The Balaban J connectivity index is 2.65. The average Bonchev–Trinajstić information content (AvgIpc) is 2.65. The first kappa shape index (κ1) is 13.9. The Morgan fingerprint density at radius 1 is 1.47 bits per heavy atom. The van der Waals surface area contributed by atoms with Gasteiger partial charge in [-0.1, -0.05) is 20.8 Å². The van der Waals surface area contributed by atoms with E-state index in [1.807, 2.05) is 26.8 Å². The summed E-state index contributed by atoms with van der Waals surface area (Å²) in [5.41, 5.74) is 1.03. The van der Waals surface area contributed by atoms with E-state index in [9.17, 15) is 4.79 Å². The fraction of sp³-hybridized carbons (Fsp3) is 0.385. The molecular formula is C13H15BrN2O3. The lowest BCUT2D eigenvalue weighted by Gasteiger charge is -2.18. The minimum Gasteiger partial charge on any atom is -0.406 e. The zero-order valence-electron chi connectivity index (χ0n) is 11.2.